The van der Waals surface area contributed by atoms with Crippen LogP contribution in [-0.2, 0) is 0 Å². The van der Waals surface area contributed by atoms with Crippen molar-refractivity contribution in [3.63, 3.8) is 0 Å². The van der Waals surface area contributed by atoms with E-state index in [1.54, 1.807) is 18.2 Å². The Bertz CT molecular complexity index is 2330. The van der Waals surface area contributed by atoms with Crippen LogP contribution in [0.2, 0.25) is 0 Å². The lowest BCUT2D eigenvalue weighted by molar-refractivity contribution is 0.583. The van der Waals surface area contributed by atoms with E-state index in [9.17, 15) is 35.1 Å². The third-order valence-electron chi connectivity index (χ3n) is 7.64. The molecule has 0 radical (unpaired) electrons. The van der Waals surface area contributed by atoms with Crippen molar-refractivity contribution in [1.29, 1.82) is 0 Å². The molecular formula is C38H19F8N3. The van der Waals surface area contributed by atoms with Gasteiger partial charge in [-0.3, -0.25) is 9.88 Å². The molecule has 0 aliphatic heterocycles. The summed E-state index contributed by atoms with van der Waals surface area (Å²) in [5.41, 5.74) is 1.54. The number of aromatic nitrogens is 2. The summed E-state index contributed by atoms with van der Waals surface area (Å²) in [7, 11) is 0. The van der Waals surface area contributed by atoms with Crippen LogP contribution in [0.4, 0.5) is 52.3 Å². The molecule has 0 bridgehead atoms. The Labute approximate surface area is 273 Å². The van der Waals surface area contributed by atoms with Crippen LogP contribution in [0, 0.1) is 46.5 Å². The fraction of sp³-hybridized carbons (Fsp3) is 0. The van der Waals surface area contributed by atoms with Crippen LogP contribution in [0.25, 0.3) is 44.4 Å². The lowest BCUT2D eigenvalue weighted by atomic mass is 9.96. The second kappa shape index (κ2) is 12.5. The van der Waals surface area contributed by atoms with Crippen molar-refractivity contribution in [3.05, 3.63) is 162 Å². The average Bonchev–Trinajstić information content (AvgIpc) is 3.02. The Morgan fingerprint density at radius 1 is 0.408 bits per heavy atom. The van der Waals surface area contributed by atoms with Crippen molar-refractivity contribution in [2.75, 3.05) is 4.90 Å². The highest BCUT2D eigenvalue weighted by Gasteiger charge is 2.20. The topological polar surface area (TPSA) is 29.0 Å². The fourth-order valence-electron chi connectivity index (χ4n) is 5.67. The van der Waals surface area contributed by atoms with Crippen molar-refractivity contribution >= 4 is 28.2 Å². The van der Waals surface area contributed by atoms with Crippen molar-refractivity contribution in [2.24, 2.45) is 0 Å². The van der Waals surface area contributed by atoms with Gasteiger partial charge in [0.2, 0.25) is 0 Å². The Balaban J connectivity index is 1.47. The number of hydrogen-bond donors (Lipinski definition) is 0. The molecule has 6 aromatic carbocycles. The van der Waals surface area contributed by atoms with E-state index in [0.29, 0.717) is 23.8 Å². The summed E-state index contributed by atoms with van der Waals surface area (Å²) in [6.07, 6.45) is 1.26. The highest BCUT2D eigenvalue weighted by molar-refractivity contribution is 5.96. The van der Waals surface area contributed by atoms with E-state index in [1.165, 1.54) is 29.3 Å². The summed E-state index contributed by atoms with van der Waals surface area (Å²) < 4.78 is 115. The minimum Gasteiger partial charge on any atom is -0.294 e. The molecular weight excluding hydrogens is 650 g/mol. The van der Waals surface area contributed by atoms with Gasteiger partial charge in [-0.2, -0.15) is 0 Å². The number of benzene rings is 6. The standard InChI is InChI=1S/C38H19F8N3/c39-25-4-21(5-26(40)13-25)20-2-1-3-33(10-20)49(34-17-31(45)16-32(46)18-34)37-19-47-38-35(24-8-29(43)15-30(44)9-24)11-23(12-36(38)48-37)22-6-27(41)14-28(42)7-22/h1-19H. The van der Waals surface area contributed by atoms with Crippen LogP contribution >= 0.6 is 0 Å². The third-order valence-corrected chi connectivity index (χ3v) is 7.64. The SMILES string of the molecule is Fc1cc(F)cc(-c2cccc(N(c3cc(F)cc(F)c3)c3cnc4c(-c5cc(F)cc(F)c5)cc(-c5cc(F)cc(F)c5)cc4n3)c2)c1. The first kappa shape index (κ1) is 31.5. The largest absolute Gasteiger partial charge is 0.294 e. The smallest absolute Gasteiger partial charge is 0.156 e. The summed E-state index contributed by atoms with van der Waals surface area (Å²) in [5, 5.41) is 0. The summed E-state index contributed by atoms with van der Waals surface area (Å²) in [6, 6.07) is 20.5. The predicted molar refractivity (Wildman–Crippen MR) is 170 cm³/mol. The van der Waals surface area contributed by atoms with E-state index in [0.717, 1.165) is 54.6 Å². The average molecular weight is 670 g/mol. The molecule has 0 aliphatic carbocycles. The molecule has 0 aliphatic rings. The molecule has 11 heteroatoms. The van der Waals surface area contributed by atoms with E-state index in [1.807, 2.05) is 0 Å². The van der Waals surface area contributed by atoms with Gasteiger partial charge in [-0.05, 0) is 101 Å². The lowest BCUT2D eigenvalue weighted by Crippen LogP contribution is -2.13. The number of rotatable bonds is 6. The van der Waals surface area contributed by atoms with Gasteiger partial charge in [-0.1, -0.05) is 12.1 Å². The monoisotopic (exact) mass is 669 g/mol. The zero-order valence-corrected chi connectivity index (χ0v) is 24.8. The van der Waals surface area contributed by atoms with Crippen LogP contribution in [-0.4, -0.2) is 9.97 Å². The van der Waals surface area contributed by atoms with Crippen molar-refractivity contribution in [1.82, 2.24) is 9.97 Å². The Hall–Kier alpha value is -6.10. The third kappa shape index (κ3) is 6.55. The van der Waals surface area contributed by atoms with Gasteiger partial charge in [-0.25, -0.2) is 40.1 Å². The first-order chi connectivity index (χ1) is 23.5. The van der Waals surface area contributed by atoms with Crippen LogP contribution in [0.1, 0.15) is 0 Å². The Kier molecular flexibility index (Phi) is 8.03. The lowest BCUT2D eigenvalue weighted by Gasteiger charge is -2.25. The number of fused-ring (bicyclic) bond motifs is 1. The maximum Gasteiger partial charge on any atom is 0.156 e. The summed E-state index contributed by atoms with van der Waals surface area (Å²) in [4.78, 5) is 10.6. The first-order valence-corrected chi connectivity index (χ1v) is 14.6. The van der Waals surface area contributed by atoms with Gasteiger partial charge >= 0.3 is 0 Å². The molecule has 0 amide bonds. The zero-order chi connectivity index (χ0) is 34.4. The normalized spacial score (nSPS) is 11.3. The number of halogens is 8. The molecule has 0 N–H and O–H groups in total. The molecule has 1 heterocycles. The first-order valence-electron chi connectivity index (χ1n) is 14.6. The van der Waals surface area contributed by atoms with E-state index in [-0.39, 0.29) is 56.0 Å². The van der Waals surface area contributed by atoms with Crippen molar-refractivity contribution in [3.8, 4) is 33.4 Å². The molecule has 49 heavy (non-hydrogen) atoms. The van der Waals surface area contributed by atoms with Crippen LogP contribution in [0.3, 0.4) is 0 Å². The second-order valence-corrected chi connectivity index (χ2v) is 11.1. The molecule has 0 unspecified atom stereocenters. The fourth-order valence-corrected chi connectivity index (χ4v) is 5.67. The number of anilines is 3. The number of nitrogens with zero attached hydrogens (tertiary/aromatic N) is 3. The summed E-state index contributed by atoms with van der Waals surface area (Å²) in [5.74, 6) is -6.96. The van der Waals surface area contributed by atoms with Crippen LogP contribution < -0.4 is 4.90 Å². The second-order valence-electron chi connectivity index (χ2n) is 11.1. The summed E-state index contributed by atoms with van der Waals surface area (Å²) >= 11 is 0. The van der Waals surface area contributed by atoms with Crippen LogP contribution in [0.15, 0.2) is 115 Å². The molecule has 7 rings (SSSR count). The van der Waals surface area contributed by atoms with Gasteiger partial charge in [0.05, 0.1) is 22.9 Å². The van der Waals surface area contributed by atoms with Crippen molar-refractivity contribution in [2.45, 2.75) is 0 Å². The molecule has 3 nitrogen and oxygen atoms in total. The van der Waals surface area contributed by atoms with E-state index < -0.39 is 46.5 Å². The Morgan fingerprint density at radius 3 is 1.43 bits per heavy atom. The molecule has 242 valence electrons. The molecule has 0 saturated carbocycles. The van der Waals surface area contributed by atoms with Gasteiger partial charge in [-0.15, -0.1) is 0 Å². The van der Waals surface area contributed by atoms with Gasteiger partial charge in [0.25, 0.3) is 0 Å². The minimum atomic E-state index is -0.914. The van der Waals surface area contributed by atoms with E-state index in [2.05, 4.69) is 4.98 Å². The maximum absolute atomic E-state index is 14.6. The van der Waals surface area contributed by atoms with E-state index in [4.69, 9.17) is 4.98 Å². The van der Waals surface area contributed by atoms with Gasteiger partial charge in [0.15, 0.2) is 5.82 Å². The highest BCUT2D eigenvalue weighted by Crippen LogP contribution is 2.39. The summed E-state index contributed by atoms with van der Waals surface area (Å²) in [6.45, 7) is 0. The van der Waals surface area contributed by atoms with Gasteiger partial charge < -0.3 is 0 Å². The minimum absolute atomic E-state index is 0.000909. The molecule has 0 spiro atoms. The van der Waals surface area contributed by atoms with E-state index >= 15 is 0 Å². The maximum atomic E-state index is 14.6. The predicted octanol–water partition coefficient (Wildman–Crippen LogP) is 11.2. The molecule has 7 aromatic rings. The van der Waals surface area contributed by atoms with Gasteiger partial charge in [0.1, 0.15) is 46.5 Å². The zero-order valence-electron chi connectivity index (χ0n) is 24.8. The quantitative estimate of drug-likeness (QED) is 0.165. The molecule has 0 saturated heterocycles. The molecule has 1 aromatic heterocycles. The van der Waals surface area contributed by atoms with Crippen LogP contribution in [0.5, 0.6) is 0 Å². The van der Waals surface area contributed by atoms with Gasteiger partial charge in [0, 0.05) is 35.5 Å². The number of hydrogen-bond acceptors (Lipinski definition) is 3. The molecule has 0 atom stereocenters. The van der Waals surface area contributed by atoms with Crippen molar-refractivity contribution < 1.29 is 35.1 Å². The molecule has 0 fully saturated rings. The Morgan fingerprint density at radius 2 is 0.878 bits per heavy atom. The highest BCUT2D eigenvalue weighted by atomic mass is 19.2.